The Kier molecular flexibility index (Phi) is 6.46. The normalized spacial score (nSPS) is 14.3. The Morgan fingerprint density at radius 2 is 1.56 bits per heavy atom. The van der Waals surface area contributed by atoms with Crippen LogP contribution in [0.25, 0.3) is 0 Å². The molecule has 1 heterocycles. The Morgan fingerprint density at radius 3 is 2.28 bits per heavy atom. The lowest BCUT2D eigenvalue weighted by Gasteiger charge is -2.36. The van der Waals surface area contributed by atoms with E-state index in [2.05, 4.69) is 17.0 Å². The number of amides is 1. The Morgan fingerprint density at radius 1 is 0.875 bits per heavy atom. The summed E-state index contributed by atoms with van der Waals surface area (Å²) in [5.41, 5.74) is 2.12. The van der Waals surface area contributed by atoms with Gasteiger partial charge in [-0.1, -0.05) is 42.5 Å². The molecule has 3 aromatic carbocycles. The zero-order valence-electron chi connectivity index (χ0n) is 18.0. The van der Waals surface area contributed by atoms with Gasteiger partial charge in [0, 0.05) is 43.0 Å². The van der Waals surface area contributed by atoms with Crippen LogP contribution >= 0.6 is 0 Å². The van der Waals surface area contributed by atoms with Crippen molar-refractivity contribution in [3.05, 3.63) is 90.0 Å². The van der Waals surface area contributed by atoms with Crippen molar-refractivity contribution in [3.63, 3.8) is 0 Å². The number of anilines is 1. The summed E-state index contributed by atoms with van der Waals surface area (Å²) in [6.07, 6.45) is 0. The van der Waals surface area contributed by atoms with Crippen molar-refractivity contribution < 1.29 is 17.9 Å². The molecule has 1 saturated heterocycles. The second-order valence-electron chi connectivity index (χ2n) is 7.71. The van der Waals surface area contributed by atoms with Crippen LogP contribution in [0.5, 0.6) is 5.75 Å². The molecule has 0 saturated carbocycles. The molecule has 7 heteroatoms. The third-order valence-corrected chi connectivity index (χ3v) is 7.33. The average Bonchev–Trinajstić information content (AvgIpc) is 2.84. The molecule has 3 aromatic rings. The van der Waals surface area contributed by atoms with Crippen molar-refractivity contribution in [2.45, 2.75) is 10.6 Å². The number of sulfone groups is 1. The molecule has 6 nitrogen and oxygen atoms in total. The van der Waals surface area contributed by atoms with Gasteiger partial charge in [-0.3, -0.25) is 4.79 Å². The van der Waals surface area contributed by atoms with Crippen LogP contribution in [0.3, 0.4) is 0 Å². The number of hydrogen-bond donors (Lipinski definition) is 0. The molecule has 0 spiro atoms. The number of nitrogens with zero attached hydrogens (tertiary/aromatic N) is 2. The molecule has 1 fully saturated rings. The van der Waals surface area contributed by atoms with Crippen molar-refractivity contribution >= 4 is 21.4 Å². The number of para-hydroxylation sites is 2. The molecule has 0 aromatic heterocycles. The van der Waals surface area contributed by atoms with Crippen LogP contribution in [-0.4, -0.2) is 52.5 Å². The number of methoxy groups -OCH3 is 1. The maximum Gasteiger partial charge on any atom is 0.254 e. The summed E-state index contributed by atoms with van der Waals surface area (Å²) < 4.78 is 31.3. The number of carbonyl (C=O) groups excluding carboxylic acids is 1. The summed E-state index contributed by atoms with van der Waals surface area (Å²) in [5, 5.41) is 0. The van der Waals surface area contributed by atoms with Gasteiger partial charge in [0.1, 0.15) is 5.75 Å². The molecule has 0 unspecified atom stereocenters. The predicted molar refractivity (Wildman–Crippen MR) is 125 cm³/mol. The van der Waals surface area contributed by atoms with Crippen molar-refractivity contribution in [1.82, 2.24) is 4.90 Å². The highest BCUT2D eigenvalue weighted by atomic mass is 32.2. The minimum Gasteiger partial charge on any atom is -0.496 e. The van der Waals surface area contributed by atoms with E-state index in [4.69, 9.17) is 4.74 Å². The monoisotopic (exact) mass is 450 g/mol. The molecule has 1 aliphatic rings. The molecular formula is C25H26N2O4S. The lowest BCUT2D eigenvalue weighted by molar-refractivity contribution is 0.0746. The summed E-state index contributed by atoms with van der Waals surface area (Å²) in [7, 11) is -2.12. The molecule has 0 N–H and O–H groups in total. The number of piperazine rings is 1. The van der Waals surface area contributed by atoms with Crippen molar-refractivity contribution in [2.75, 3.05) is 38.2 Å². The van der Waals surface area contributed by atoms with Crippen LogP contribution in [0.4, 0.5) is 5.69 Å². The van der Waals surface area contributed by atoms with Gasteiger partial charge in [-0.05, 0) is 36.4 Å². The van der Waals surface area contributed by atoms with E-state index >= 15 is 0 Å². The fraction of sp³-hybridized carbons (Fsp3) is 0.240. The van der Waals surface area contributed by atoms with Crippen LogP contribution in [0.2, 0.25) is 0 Å². The minimum atomic E-state index is -3.64. The first kappa shape index (κ1) is 21.9. The lowest BCUT2D eigenvalue weighted by atomic mass is 10.1. The second kappa shape index (κ2) is 9.44. The number of benzene rings is 3. The molecule has 166 valence electrons. The van der Waals surface area contributed by atoms with Gasteiger partial charge in [0.25, 0.3) is 5.91 Å². The fourth-order valence-electron chi connectivity index (χ4n) is 3.92. The highest BCUT2D eigenvalue weighted by molar-refractivity contribution is 7.90. The molecule has 1 aliphatic heterocycles. The molecule has 0 bridgehead atoms. The van der Waals surface area contributed by atoms with Crippen molar-refractivity contribution in [1.29, 1.82) is 0 Å². The van der Waals surface area contributed by atoms with E-state index in [9.17, 15) is 13.2 Å². The van der Waals surface area contributed by atoms with E-state index in [0.717, 1.165) is 18.8 Å². The third kappa shape index (κ3) is 4.78. The van der Waals surface area contributed by atoms with Gasteiger partial charge >= 0.3 is 0 Å². The van der Waals surface area contributed by atoms with Gasteiger partial charge in [-0.25, -0.2) is 8.42 Å². The summed E-state index contributed by atoms with van der Waals surface area (Å²) in [5.74, 6) is 0.191. The first-order chi connectivity index (χ1) is 15.5. The van der Waals surface area contributed by atoms with E-state index in [1.165, 1.54) is 19.2 Å². The average molecular weight is 451 g/mol. The van der Waals surface area contributed by atoms with Crippen LogP contribution in [0, 0.1) is 0 Å². The highest BCUT2D eigenvalue weighted by Gasteiger charge is 2.24. The van der Waals surface area contributed by atoms with E-state index in [-0.39, 0.29) is 16.6 Å². The maximum absolute atomic E-state index is 13.1. The number of ether oxygens (including phenoxy) is 1. The van der Waals surface area contributed by atoms with Crippen molar-refractivity contribution in [3.8, 4) is 5.75 Å². The maximum atomic E-state index is 13.1. The van der Waals surface area contributed by atoms with Crippen LogP contribution in [-0.2, 0) is 15.6 Å². The zero-order valence-corrected chi connectivity index (χ0v) is 18.8. The molecule has 4 rings (SSSR count). The molecule has 0 atom stereocenters. The van der Waals surface area contributed by atoms with E-state index in [1.54, 1.807) is 41.3 Å². The molecule has 0 radical (unpaired) electrons. The van der Waals surface area contributed by atoms with Crippen molar-refractivity contribution in [2.24, 2.45) is 0 Å². The zero-order chi connectivity index (χ0) is 22.6. The standard InChI is InChI=1S/C25H26N2O4S/c1-31-24-13-6-5-8-21(24)19-32(29,30)23-12-7-9-20(18-23)25(28)27-16-14-26(15-17-27)22-10-3-2-4-11-22/h2-13,18H,14-17,19H2,1H3. The molecule has 0 aliphatic carbocycles. The summed E-state index contributed by atoms with van der Waals surface area (Å²) in [6.45, 7) is 2.65. The van der Waals surface area contributed by atoms with Gasteiger partial charge in [-0.2, -0.15) is 0 Å². The van der Waals surface area contributed by atoms with Crippen LogP contribution in [0.15, 0.2) is 83.8 Å². The molecule has 1 amide bonds. The van der Waals surface area contributed by atoms with Gasteiger partial charge < -0.3 is 14.5 Å². The lowest BCUT2D eigenvalue weighted by Crippen LogP contribution is -2.48. The SMILES string of the molecule is COc1ccccc1CS(=O)(=O)c1cccc(C(=O)N2CCN(c3ccccc3)CC2)c1. The first-order valence-corrected chi connectivity index (χ1v) is 12.2. The van der Waals surface area contributed by atoms with Gasteiger partial charge in [-0.15, -0.1) is 0 Å². The number of hydrogen-bond acceptors (Lipinski definition) is 5. The largest absolute Gasteiger partial charge is 0.496 e. The molecular weight excluding hydrogens is 424 g/mol. The highest BCUT2D eigenvalue weighted by Crippen LogP contribution is 2.25. The summed E-state index contributed by atoms with van der Waals surface area (Å²) in [6, 6.07) is 23.5. The fourth-order valence-corrected chi connectivity index (χ4v) is 5.33. The van der Waals surface area contributed by atoms with E-state index in [1.807, 2.05) is 18.2 Å². The Bertz CT molecular complexity index is 1190. The quantitative estimate of drug-likeness (QED) is 0.574. The summed E-state index contributed by atoms with van der Waals surface area (Å²) >= 11 is 0. The van der Waals surface area contributed by atoms with E-state index in [0.29, 0.717) is 30.0 Å². The van der Waals surface area contributed by atoms with Crippen LogP contribution < -0.4 is 9.64 Å². The minimum absolute atomic E-state index is 0.136. The topological polar surface area (TPSA) is 66.9 Å². The van der Waals surface area contributed by atoms with Crippen LogP contribution in [0.1, 0.15) is 15.9 Å². The number of carbonyl (C=O) groups is 1. The van der Waals surface area contributed by atoms with E-state index < -0.39 is 9.84 Å². The molecule has 32 heavy (non-hydrogen) atoms. The predicted octanol–water partition coefficient (Wildman–Crippen LogP) is 3.63. The first-order valence-electron chi connectivity index (χ1n) is 10.5. The second-order valence-corrected chi connectivity index (χ2v) is 9.70. The van der Waals surface area contributed by atoms with Gasteiger partial charge in [0.15, 0.2) is 9.84 Å². The Hall–Kier alpha value is -3.32. The third-order valence-electron chi connectivity index (χ3n) is 5.67. The van der Waals surface area contributed by atoms with Gasteiger partial charge in [0.05, 0.1) is 17.8 Å². The Labute approximate surface area is 189 Å². The smallest absolute Gasteiger partial charge is 0.254 e. The number of rotatable bonds is 6. The summed E-state index contributed by atoms with van der Waals surface area (Å²) in [4.78, 5) is 17.2. The van der Waals surface area contributed by atoms with Gasteiger partial charge in [0.2, 0.25) is 0 Å². The Balaban J connectivity index is 1.47.